The second kappa shape index (κ2) is 10.4. The molecule has 3 heteroatoms. The summed E-state index contributed by atoms with van der Waals surface area (Å²) in [4.78, 5) is 12.4. The summed E-state index contributed by atoms with van der Waals surface area (Å²) in [6, 6.07) is 19.8. The molecule has 0 N–H and O–H groups in total. The molecule has 0 aliphatic rings. The van der Waals surface area contributed by atoms with E-state index in [-0.39, 0.29) is 0 Å². The number of hydrogen-bond acceptors (Lipinski definition) is 3. The maximum Gasteiger partial charge on any atom is 0.0270 e. The van der Waals surface area contributed by atoms with Crippen molar-refractivity contribution in [3.8, 4) is 0 Å². The maximum absolute atomic E-state index is 4.13. The molecule has 4 rings (SSSR count). The van der Waals surface area contributed by atoms with Crippen molar-refractivity contribution in [3.05, 3.63) is 125 Å². The van der Waals surface area contributed by atoms with E-state index in [1.54, 1.807) is 0 Å². The Morgan fingerprint density at radius 1 is 0.333 bits per heavy atom. The minimum absolute atomic E-state index is 1.04. The van der Waals surface area contributed by atoms with Crippen molar-refractivity contribution in [3.63, 3.8) is 0 Å². The van der Waals surface area contributed by atoms with Crippen molar-refractivity contribution in [1.82, 2.24) is 15.0 Å². The zero-order valence-electron chi connectivity index (χ0n) is 17.2. The normalized spacial score (nSPS) is 10.8. The standard InChI is InChI=1S/C27H27N3/c1(22-7-13-28-14-8-22)4-25-19-26(5-2-23-9-15-29-16-10-23)21-27(20-25)6-3-24-11-17-30-18-12-24/h7-21H,1-6H2. The fraction of sp³-hybridized carbons (Fsp3) is 0.222. The summed E-state index contributed by atoms with van der Waals surface area (Å²) >= 11 is 0. The van der Waals surface area contributed by atoms with E-state index in [0.29, 0.717) is 0 Å². The number of nitrogens with zero attached hydrogens (tertiary/aromatic N) is 3. The Kier molecular flexibility index (Phi) is 6.95. The lowest BCUT2D eigenvalue weighted by Gasteiger charge is -2.11. The highest BCUT2D eigenvalue weighted by molar-refractivity contribution is 5.33. The van der Waals surface area contributed by atoms with Crippen LogP contribution in [0.1, 0.15) is 33.4 Å². The predicted molar refractivity (Wildman–Crippen MR) is 121 cm³/mol. The largest absolute Gasteiger partial charge is 0.265 e. The fourth-order valence-corrected chi connectivity index (χ4v) is 3.79. The fourth-order valence-electron chi connectivity index (χ4n) is 3.79. The monoisotopic (exact) mass is 393 g/mol. The summed E-state index contributed by atoms with van der Waals surface area (Å²) in [7, 11) is 0. The topological polar surface area (TPSA) is 38.7 Å². The van der Waals surface area contributed by atoms with Crippen LogP contribution in [0.5, 0.6) is 0 Å². The number of hydrogen-bond donors (Lipinski definition) is 0. The van der Waals surface area contributed by atoms with Gasteiger partial charge >= 0.3 is 0 Å². The molecule has 3 heterocycles. The van der Waals surface area contributed by atoms with Crippen molar-refractivity contribution in [1.29, 1.82) is 0 Å². The van der Waals surface area contributed by atoms with E-state index < -0.39 is 0 Å². The smallest absolute Gasteiger partial charge is 0.0270 e. The van der Waals surface area contributed by atoms with E-state index in [2.05, 4.69) is 69.5 Å². The van der Waals surface area contributed by atoms with Gasteiger partial charge in [0.05, 0.1) is 0 Å². The van der Waals surface area contributed by atoms with Gasteiger partial charge in [0, 0.05) is 37.2 Å². The first-order valence-electron chi connectivity index (χ1n) is 10.6. The van der Waals surface area contributed by atoms with E-state index in [9.17, 15) is 0 Å². The molecule has 30 heavy (non-hydrogen) atoms. The number of aromatic nitrogens is 3. The Morgan fingerprint density at radius 3 is 0.833 bits per heavy atom. The van der Waals surface area contributed by atoms with Gasteiger partial charge in [-0.05, 0) is 108 Å². The highest BCUT2D eigenvalue weighted by atomic mass is 14.6. The molecule has 0 fully saturated rings. The zero-order chi connectivity index (χ0) is 20.4. The molecular formula is C27H27N3. The van der Waals surface area contributed by atoms with Gasteiger partial charge in [0.25, 0.3) is 0 Å². The first kappa shape index (κ1) is 20.0. The Balaban J connectivity index is 1.48. The number of aryl methyl sites for hydroxylation is 6. The quantitative estimate of drug-likeness (QED) is 0.391. The molecule has 0 saturated carbocycles. The maximum atomic E-state index is 4.13. The van der Waals surface area contributed by atoms with Crippen molar-refractivity contribution in [2.75, 3.05) is 0 Å². The van der Waals surface area contributed by atoms with Crippen LogP contribution in [0, 0.1) is 0 Å². The molecule has 0 unspecified atom stereocenters. The van der Waals surface area contributed by atoms with Gasteiger partial charge in [-0.3, -0.25) is 15.0 Å². The van der Waals surface area contributed by atoms with Crippen LogP contribution in [-0.2, 0) is 38.5 Å². The summed E-state index contributed by atoms with van der Waals surface area (Å²) in [5.74, 6) is 0. The second-order valence-corrected chi connectivity index (χ2v) is 7.72. The van der Waals surface area contributed by atoms with Crippen LogP contribution >= 0.6 is 0 Å². The molecule has 0 saturated heterocycles. The van der Waals surface area contributed by atoms with E-state index in [1.165, 1.54) is 33.4 Å². The van der Waals surface area contributed by atoms with Crippen molar-refractivity contribution < 1.29 is 0 Å². The van der Waals surface area contributed by atoms with Crippen molar-refractivity contribution in [2.45, 2.75) is 38.5 Å². The lowest BCUT2D eigenvalue weighted by atomic mass is 9.95. The first-order valence-corrected chi connectivity index (χ1v) is 10.6. The average molecular weight is 394 g/mol. The molecule has 0 amide bonds. The molecule has 1 aromatic carbocycles. The van der Waals surface area contributed by atoms with Crippen LogP contribution in [0.15, 0.2) is 91.8 Å². The van der Waals surface area contributed by atoms with Gasteiger partial charge in [-0.25, -0.2) is 0 Å². The van der Waals surface area contributed by atoms with Gasteiger partial charge in [0.15, 0.2) is 0 Å². The van der Waals surface area contributed by atoms with Gasteiger partial charge in [-0.2, -0.15) is 0 Å². The van der Waals surface area contributed by atoms with Crippen LogP contribution < -0.4 is 0 Å². The van der Waals surface area contributed by atoms with Gasteiger partial charge in [0.1, 0.15) is 0 Å². The summed E-state index contributed by atoms with van der Waals surface area (Å²) in [6.07, 6.45) is 17.5. The Morgan fingerprint density at radius 2 is 0.567 bits per heavy atom. The highest BCUT2D eigenvalue weighted by Crippen LogP contribution is 2.17. The van der Waals surface area contributed by atoms with Crippen molar-refractivity contribution >= 4 is 0 Å². The molecule has 0 radical (unpaired) electrons. The lowest BCUT2D eigenvalue weighted by Crippen LogP contribution is -2.00. The Bertz CT molecular complexity index is 882. The molecule has 0 aliphatic heterocycles. The third kappa shape index (κ3) is 6.08. The van der Waals surface area contributed by atoms with Crippen molar-refractivity contribution in [2.24, 2.45) is 0 Å². The number of pyridine rings is 3. The number of benzene rings is 1. The second-order valence-electron chi connectivity index (χ2n) is 7.72. The predicted octanol–water partition coefficient (Wildman–Crippen LogP) is 5.23. The summed E-state index contributed by atoms with van der Waals surface area (Å²) in [6.45, 7) is 0. The molecule has 0 spiro atoms. The first-order chi connectivity index (χ1) is 14.8. The highest BCUT2D eigenvalue weighted by Gasteiger charge is 2.05. The van der Waals surface area contributed by atoms with Gasteiger partial charge in [0.2, 0.25) is 0 Å². The summed E-state index contributed by atoms with van der Waals surface area (Å²) in [5, 5.41) is 0. The van der Waals surface area contributed by atoms with Crippen LogP contribution in [0.25, 0.3) is 0 Å². The molecule has 150 valence electrons. The minimum Gasteiger partial charge on any atom is -0.265 e. The molecule has 0 aliphatic carbocycles. The SMILES string of the molecule is c1cc(CCc2cc(CCc3ccncc3)cc(CCc3ccncc3)c2)ccn1. The molecule has 0 atom stereocenters. The van der Waals surface area contributed by atoms with Crippen LogP contribution in [-0.4, -0.2) is 15.0 Å². The van der Waals surface area contributed by atoms with E-state index in [4.69, 9.17) is 0 Å². The Hall–Kier alpha value is -3.33. The lowest BCUT2D eigenvalue weighted by molar-refractivity contribution is 0.900. The molecular weight excluding hydrogens is 366 g/mol. The van der Waals surface area contributed by atoms with Crippen LogP contribution in [0.2, 0.25) is 0 Å². The molecule has 4 aromatic rings. The molecule has 3 nitrogen and oxygen atoms in total. The minimum atomic E-state index is 1.04. The summed E-state index contributed by atoms with van der Waals surface area (Å²) in [5.41, 5.74) is 8.28. The third-order valence-corrected chi connectivity index (χ3v) is 5.47. The Labute approximate surface area is 178 Å². The zero-order valence-corrected chi connectivity index (χ0v) is 17.2. The molecule has 3 aromatic heterocycles. The van der Waals surface area contributed by atoms with Gasteiger partial charge < -0.3 is 0 Å². The van der Waals surface area contributed by atoms with Gasteiger partial charge in [-0.1, -0.05) is 18.2 Å². The van der Waals surface area contributed by atoms with E-state index in [1.807, 2.05) is 37.2 Å². The van der Waals surface area contributed by atoms with Gasteiger partial charge in [-0.15, -0.1) is 0 Å². The van der Waals surface area contributed by atoms with Crippen LogP contribution in [0.3, 0.4) is 0 Å². The van der Waals surface area contributed by atoms with Crippen LogP contribution in [0.4, 0.5) is 0 Å². The van der Waals surface area contributed by atoms with E-state index in [0.717, 1.165) is 38.5 Å². The average Bonchev–Trinajstić information content (AvgIpc) is 2.82. The van der Waals surface area contributed by atoms with E-state index >= 15 is 0 Å². The number of rotatable bonds is 9. The third-order valence-electron chi connectivity index (χ3n) is 5.47. The summed E-state index contributed by atoms with van der Waals surface area (Å²) < 4.78 is 0. The molecule has 0 bridgehead atoms.